The number of carboxylic acid groups (broad SMARTS) is 1. The highest BCUT2D eigenvalue weighted by atomic mass is 16.6. The van der Waals surface area contributed by atoms with Gasteiger partial charge in [0.2, 0.25) is 0 Å². The zero-order valence-electron chi connectivity index (χ0n) is 37.2. The number of quaternary nitrogens is 1. The Hall–Kier alpha value is -2.97. The van der Waals surface area contributed by atoms with Crippen LogP contribution in [0, 0.1) is 0 Å². The van der Waals surface area contributed by atoms with Crippen molar-refractivity contribution in [2.45, 2.75) is 193 Å². The molecule has 0 aliphatic carbocycles. The van der Waals surface area contributed by atoms with Crippen molar-refractivity contribution in [1.82, 2.24) is 0 Å². The van der Waals surface area contributed by atoms with Gasteiger partial charge in [-0.25, -0.2) is 0 Å². The van der Waals surface area contributed by atoms with E-state index in [0.29, 0.717) is 12.8 Å². The van der Waals surface area contributed by atoms with E-state index >= 15 is 0 Å². The first kappa shape index (κ1) is 54.0. The summed E-state index contributed by atoms with van der Waals surface area (Å²) in [5, 5.41) is 11.6. The Bertz CT molecular complexity index is 1120. The molecule has 2 unspecified atom stereocenters. The standard InChI is InChI=1S/C49H85NO7/c1-6-8-10-12-14-16-18-20-22-23-24-25-26-28-30-32-34-36-38-40-48(52)57-45(43-55-42-41-46(49(53)54)50(3,4)5)44-56-47(51)39-37-35-33-31-29-27-21-19-17-15-13-11-9-7-2/h8,10,14,16,20,22,24-25,27,29,45-46H,6-7,9,11-13,15,17-19,21,23,26,28,30-44H2,1-5H3/b10-8+,16-14+,22-20+,25-24+,29-27+. The predicted molar refractivity (Wildman–Crippen MR) is 236 cm³/mol. The molecule has 0 rings (SSSR count). The van der Waals surface area contributed by atoms with E-state index in [9.17, 15) is 19.5 Å². The molecule has 0 aromatic carbocycles. The van der Waals surface area contributed by atoms with E-state index < -0.39 is 18.1 Å². The van der Waals surface area contributed by atoms with Crippen LogP contribution >= 0.6 is 0 Å². The van der Waals surface area contributed by atoms with Crippen molar-refractivity contribution >= 4 is 17.9 Å². The average Bonchev–Trinajstić information content (AvgIpc) is 3.17. The van der Waals surface area contributed by atoms with E-state index in [-0.39, 0.29) is 42.7 Å². The number of esters is 2. The summed E-state index contributed by atoms with van der Waals surface area (Å²) in [6, 6.07) is -0.732. The molecule has 0 saturated carbocycles. The first-order valence-electron chi connectivity index (χ1n) is 22.8. The molecular weight excluding hydrogens is 715 g/mol. The molecule has 0 amide bonds. The number of aliphatic carboxylic acids is 1. The van der Waals surface area contributed by atoms with E-state index in [1.165, 1.54) is 57.8 Å². The molecule has 0 fully saturated rings. The second-order valence-electron chi connectivity index (χ2n) is 16.3. The third-order valence-electron chi connectivity index (χ3n) is 9.89. The lowest BCUT2D eigenvalue weighted by Gasteiger charge is -2.34. The van der Waals surface area contributed by atoms with Gasteiger partial charge in [0.25, 0.3) is 0 Å². The van der Waals surface area contributed by atoms with Gasteiger partial charge in [-0.1, -0.05) is 145 Å². The third kappa shape index (κ3) is 38.3. The quantitative estimate of drug-likeness (QED) is 0.0263. The van der Waals surface area contributed by atoms with Crippen molar-refractivity contribution in [3.05, 3.63) is 60.8 Å². The second-order valence-corrected chi connectivity index (χ2v) is 16.3. The number of allylic oxidation sites excluding steroid dienone is 10. The molecule has 0 aliphatic heterocycles. The van der Waals surface area contributed by atoms with E-state index in [4.69, 9.17) is 14.2 Å². The maximum atomic E-state index is 12.7. The van der Waals surface area contributed by atoms with Crippen LogP contribution in [0.1, 0.15) is 181 Å². The second kappa shape index (κ2) is 39.8. The van der Waals surface area contributed by atoms with E-state index in [1.807, 2.05) is 0 Å². The molecule has 0 heterocycles. The topological polar surface area (TPSA) is 102 Å². The van der Waals surface area contributed by atoms with Crippen molar-refractivity contribution < 1.29 is 38.2 Å². The summed E-state index contributed by atoms with van der Waals surface area (Å²) >= 11 is 0. The number of nitrogens with zero attached hydrogens (tertiary/aromatic N) is 1. The van der Waals surface area contributed by atoms with Crippen LogP contribution in [-0.4, -0.2) is 75.5 Å². The number of hydrogen-bond donors (Lipinski definition) is 0. The lowest BCUT2D eigenvalue weighted by atomic mass is 10.1. The van der Waals surface area contributed by atoms with E-state index in [0.717, 1.165) is 89.9 Å². The fraction of sp³-hybridized carbons (Fsp3) is 0.735. The van der Waals surface area contributed by atoms with Crippen LogP contribution in [0.4, 0.5) is 0 Å². The molecule has 57 heavy (non-hydrogen) atoms. The maximum Gasteiger partial charge on any atom is 0.306 e. The first-order chi connectivity index (χ1) is 27.6. The molecule has 0 aliphatic rings. The van der Waals surface area contributed by atoms with Gasteiger partial charge in [-0.05, 0) is 77.0 Å². The monoisotopic (exact) mass is 800 g/mol. The molecule has 8 heteroatoms. The number of carbonyl (C=O) groups is 3. The van der Waals surface area contributed by atoms with Crippen LogP contribution in [0.2, 0.25) is 0 Å². The number of ether oxygens (including phenoxy) is 3. The SMILES string of the molecule is CC/C=C/C/C=C/C/C=C/C/C=C/CCCCCCCCC(=O)OC(COCCC(C(=O)[O-])[N+](C)(C)C)COC(=O)CCCCC/C=C/CCCCCCCCC. The summed E-state index contributed by atoms with van der Waals surface area (Å²) in [5.74, 6) is -1.78. The van der Waals surface area contributed by atoms with Crippen molar-refractivity contribution in [3.8, 4) is 0 Å². The largest absolute Gasteiger partial charge is 0.544 e. The molecule has 0 aromatic rings. The lowest BCUT2D eigenvalue weighted by molar-refractivity contribution is -0.889. The highest BCUT2D eigenvalue weighted by Crippen LogP contribution is 2.13. The van der Waals surface area contributed by atoms with Crippen molar-refractivity contribution in [2.75, 3.05) is 41.0 Å². The summed E-state index contributed by atoms with van der Waals surface area (Å²) < 4.78 is 17.2. The number of carbonyl (C=O) groups excluding carboxylic acids is 3. The van der Waals surface area contributed by atoms with Gasteiger partial charge in [0.05, 0.1) is 40.3 Å². The van der Waals surface area contributed by atoms with Gasteiger partial charge in [-0.3, -0.25) is 9.59 Å². The minimum Gasteiger partial charge on any atom is -0.544 e. The number of likely N-dealkylation sites (N-methyl/N-ethyl adjacent to an activating group) is 1. The van der Waals surface area contributed by atoms with Gasteiger partial charge in [-0.15, -0.1) is 0 Å². The smallest absolute Gasteiger partial charge is 0.306 e. The maximum absolute atomic E-state index is 12.7. The molecule has 0 radical (unpaired) electrons. The Kier molecular flexibility index (Phi) is 37.8. The van der Waals surface area contributed by atoms with Crippen molar-refractivity contribution in [3.63, 3.8) is 0 Å². The molecule has 0 N–H and O–H groups in total. The summed E-state index contributed by atoms with van der Waals surface area (Å²) in [7, 11) is 5.39. The first-order valence-corrected chi connectivity index (χ1v) is 22.8. The van der Waals surface area contributed by atoms with Gasteiger partial charge in [-0.2, -0.15) is 0 Å². The Balaban J connectivity index is 4.38. The summed E-state index contributed by atoms with van der Waals surface area (Å²) in [6.07, 6.45) is 48.1. The predicted octanol–water partition coefficient (Wildman–Crippen LogP) is 11.2. The zero-order valence-corrected chi connectivity index (χ0v) is 37.2. The van der Waals surface area contributed by atoms with Crippen LogP contribution in [0.3, 0.4) is 0 Å². The molecule has 0 saturated heterocycles. The average molecular weight is 800 g/mol. The van der Waals surface area contributed by atoms with Gasteiger partial charge in [0.1, 0.15) is 12.6 Å². The Labute approximate surface area is 349 Å². The number of rotatable bonds is 40. The summed E-state index contributed by atoms with van der Waals surface area (Å²) in [4.78, 5) is 36.9. The summed E-state index contributed by atoms with van der Waals surface area (Å²) in [6.45, 7) is 4.51. The van der Waals surface area contributed by atoms with Gasteiger partial charge >= 0.3 is 11.9 Å². The molecule has 2 atom stereocenters. The number of hydrogen-bond acceptors (Lipinski definition) is 7. The van der Waals surface area contributed by atoms with Crippen LogP contribution in [0.5, 0.6) is 0 Å². The van der Waals surface area contributed by atoms with E-state index in [2.05, 4.69) is 74.6 Å². The minimum absolute atomic E-state index is 0.0282. The van der Waals surface area contributed by atoms with Gasteiger partial charge < -0.3 is 28.6 Å². The van der Waals surface area contributed by atoms with Gasteiger partial charge in [0, 0.05) is 19.3 Å². The molecule has 328 valence electrons. The normalized spacial score (nSPS) is 13.5. The van der Waals surface area contributed by atoms with E-state index in [1.54, 1.807) is 21.1 Å². The molecule has 8 nitrogen and oxygen atoms in total. The Morgan fingerprint density at radius 1 is 0.544 bits per heavy atom. The number of carboxylic acids is 1. The van der Waals surface area contributed by atoms with Gasteiger partial charge in [0.15, 0.2) is 6.10 Å². The third-order valence-corrected chi connectivity index (χ3v) is 9.89. The van der Waals surface area contributed by atoms with Crippen LogP contribution in [-0.2, 0) is 28.6 Å². The fourth-order valence-electron chi connectivity index (χ4n) is 6.35. The highest BCUT2D eigenvalue weighted by Gasteiger charge is 2.25. The van der Waals surface area contributed by atoms with Crippen LogP contribution < -0.4 is 5.11 Å². The van der Waals surface area contributed by atoms with Crippen LogP contribution in [0.15, 0.2) is 60.8 Å². The Morgan fingerprint density at radius 2 is 0.982 bits per heavy atom. The minimum atomic E-state index is -1.13. The van der Waals surface area contributed by atoms with Crippen molar-refractivity contribution in [2.24, 2.45) is 0 Å². The fourth-order valence-corrected chi connectivity index (χ4v) is 6.35. The molecule has 0 aromatic heterocycles. The zero-order chi connectivity index (χ0) is 42.1. The lowest BCUT2D eigenvalue weighted by Crippen LogP contribution is -2.55. The molecular formula is C49H85NO7. The molecule has 0 spiro atoms. The highest BCUT2D eigenvalue weighted by molar-refractivity contribution is 5.70. The van der Waals surface area contributed by atoms with Crippen LogP contribution in [0.25, 0.3) is 0 Å². The Morgan fingerprint density at radius 3 is 1.49 bits per heavy atom. The van der Waals surface area contributed by atoms with Crippen molar-refractivity contribution in [1.29, 1.82) is 0 Å². The summed E-state index contributed by atoms with van der Waals surface area (Å²) in [5.41, 5.74) is 0. The molecule has 0 bridgehead atoms. The number of unbranched alkanes of at least 4 members (excludes halogenated alkanes) is 16.